The average molecular weight is 413 g/mol. The molecule has 0 saturated carbocycles. The number of nitrogens with one attached hydrogen (secondary N) is 1. The number of esters is 1. The molecule has 0 bridgehead atoms. The number of halogens is 1. The minimum absolute atomic E-state index is 0.179. The minimum Gasteiger partial charge on any atom is -0.486 e. The standard InChI is InChI=1S/C20H16FN3O4S/c1-27-18(25)10-17-19(26)23-20(29-17)24-22-11-13-5-4-6-14(9-13)12-28-16-8-3-2-7-15(16)21/h2-11H,12H2,1H3,(H,23,24,26)/b17-10+,22-11?. The first-order valence-corrected chi connectivity index (χ1v) is 9.23. The molecule has 1 amide bonds. The number of methoxy groups -OCH3 is 1. The fraction of sp³-hybridized carbons (Fsp3) is 0.100. The van der Waals surface area contributed by atoms with Crippen molar-refractivity contribution in [2.75, 3.05) is 7.11 Å². The van der Waals surface area contributed by atoms with Gasteiger partial charge in [0.1, 0.15) is 6.61 Å². The second kappa shape index (κ2) is 9.65. The van der Waals surface area contributed by atoms with Crippen LogP contribution < -0.4 is 10.1 Å². The lowest BCUT2D eigenvalue weighted by Gasteiger charge is -2.07. The molecule has 2 aromatic rings. The van der Waals surface area contributed by atoms with Gasteiger partial charge in [0, 0.05) is 6.08 Å². The number of amidine groups is 1. The summed E-state index contributed by atoms with van der Waals surface area (Å²) >= 11 is 0.988. The van der Waals surface area contributed by atoms with Crippen LogP contribution in [-0.4, -0.2) is 30.4 Å². The second-order valence-corrected chi connectivity index (χ2v) is 6.73. The molecule has 0 aliphatic carbocycles. The third-order valence-electron chi connectivity index (χ3n) is 3.64. The van der Waals surface area contributed by atoms with Gasteiger partial charge in [-0.25, -0.2) is 9.18 Å². The van der Waals surface area contributed by atoms with Gasteiger partial charge in [-0.05, 0) is 41.1 Å². The first-order chi connectivity index (χ1) is 14.0. The normalized spacial score (nSPS) is 16.4. The number of hydrogen-bond donors (Lipinski definition) is 1. The van der Waals surface area contributed by atoms with Crippen molar-refractivity contribution in [1.29, 1.82) is 0 Å². The topological polar surface area (TPSA) is 89.3 Å². The van der Waals surface area contributed by atoms with E-state index in [4.69, 9.17) is 4.74 Å². The molecule has 0 aromatic heterocycles. The molecule has 148 valence electrons. The predicted octanol–water partition coefficient (Wildman–Crippen LogP) is 3.01. The van der Waals surface area contributed by atoms with Gasteiger partial charge in [-0.3, -0.25) is 10.1 Å². The predicted molar refractivity (Wildman–Crippen MR) is 108 cm³/mol. The molecule has 1 aliphatic heterocycles. The summed E-state index contributed by atoms with van der Waals surface area (Å²) in [5, 5.41) is 10.6. The van der Waals surface area contributed by atoms with Crippen LogP contribution in [0.25, 0.3) is 0 Å². The number of carbonyl (C=O) groups excluding carboxylic acids is 2. The van der Waals surface area contributed by atoms with Crippen LogP contribution in [-0.2, 0) is 20.9 Å². The van der Waals surface area contributed by atoms with E-state index >= 15 is 0 Å². The maximum Gasteiger partial charge on any atom is 0.331 e. The van der Waals surface area contributed by atoms with Gasteiger partial charge in [-0.2, -0.15) is 5.10 Å². The summed E-state index contributed by atoms with van der Waals surface area (Å²) in [4.78, 5) is 23.1. The largest absolute Gasteiger partial charge is 0.486 e. The molecular weight excluding hydrogens is 397 g/mol. The SMILES string of the molecule is COC(=O)/C=C1/S/C(=N\N=Cc2cccc(COc3ccccc3F)c2)NC1=O. The average Bonchev–Trinajstić information content (AvgIpc) is 3.06. The highest BCUT2D eigenvalue weighted by Gasteiger charge is 2.24. The molecule has 0 unspecified atom stereocenters. The zero-order valence-electron chi connectivity index (χ0n) is 15.3. The van der Waals surface area contributed by atoms with Crippen molar-refractivity contribution in [2.24, 2.45) is 10.2 Å². The van der Waals surface area contributed by atoms with Crippen LogP contribution in [0, 0.1) is 5.82 Å². The van der Waals surface area contributed by atoms with Crippen molar-refractivity contribution in [1.82, 2.24) is 5.32 Å². The highest BCUT2D eigenvalue weighted by molar-refractivity contribution is 8.18. The number of benzene rings is 2. The lowest BCUT2D eigenvalue weighted by Crippen LogP contribution is -2.19. The number of para-hydroxylation sites is 1. The lowest BCUT2D eigenvalue weighted by molar-refractivity contribution is -0.135. The van der Waals surface area contributed by atoms with Crippen LogP contribution in [0.4, 0.5) is 4.39 Å². The summed E-state index contributed by atoms with van der Waals surface area (Å²) in [6, 6.07) is 13.5. The Labute approximate surface area is 170 Å². The number of rotatable bonds is 6. The first kappa shape index (κ1) is 20.3. The number of carbonyl (C=O) groups is 2. The molecule has 1 N–H and O–H groups in total. The number of hydrogen-bond acceptors (Lipinski definition) is 7. The molecule has 1 heterocycles. The molecular formula is C20H16FN3O4S. The van der Waals surface area contributed by atoms with Crippen molar-refractivity contribution in [3.8, 4) is 5.75 Å². The van der Waals surface area contributed by atoms with Crippen LogP contribution in [0.2, 0.25) is 0 Å². The molecule has 3 rings (SSSR count). The van der Waals surface area contributed by atoms with Crippen molar-refractivity contribution in [2.45, 2.75) is 6.61 Å². The zero-order valence-corrected chi connectivity index (χ0v) is 16.1. The monoisotopic (exact) mass is 413 g/mol. The van der Waals surface area contributed by atoms with Crippen molar-refractivity contribution in [3.63, 3.8) is 0 Å². The number of thioether (sulfide) groups is 1. The van der Waals surface area contributed by atoms with E-state index in [-0.39, 0.29) is 22.4 Å². The van der Waals surface area contributed by atoms with E-state index in [9.17, 15) is 14.0 Å². The Morgan fingerprint density at radius 2 is 2.07 bits per heavy atom. The maximum atomic E-state index is 13.6. The smallest absolute Gasteiger partial charge is 0.331 e. The Hall–Kier alpha value is -3.46. The van der Waals surface area contributed by atoms with Crippen molar-refractivity contribution < 1.29 is 23.5 Å². The molecule has 29 heavy (non-hydrogen) atoms. The number of nitrogens with zero attached hydrogens (tertiary/aromatic N) is 2. The third kappa shape index (κ3) is 5.76. The Bertz CT molecular complexity index is 1020. The van der Waals surface area contributed by atoms with Gasteiger partial charge in [0.15, 0.2) is 16.7 Å². The van der Waals surface area contributed by atoms with Gasteiger partial charge < -0.3 is 9.47 Å². The summed E-state index contributed by atoms with van der Waals surface area (Å²) in [5.74, 6) is -1.30. The van der Waals surface area contributed by atoms with Crippen LogP contribution in [0.15, 0.2) is 69.7 Å². The highest BCUT2D eigenvalue weighted by Crippen LogP contribution is 2.23. The van der Waals surface area contributed by atoms with E-state index in [1.807, 2.05) is 24.3 Å². The van der Waals surface area contributed by atoms with E-state index in [0.29, 0.717) is 0 Å². The summed E-state index contributed by atoms with van der Waals surface area (Å²) in [7, 11) is 1.23. The fourth-order valence-corrected chi connectivity index (χ4v) is 3.01. The molecule has 0 atom stereocenters. The third-order valence-corrected chi connectivity index (χ3v) is 4.54. The summed E-state index contributed by atoms with van der Waals surface area (Å²) < 4.78 is 23.6. The Kier molecular flexibility index (Phi) is 6.75. The van der Waals surface area contributed by atoms with Gasteiger partial charge in [0.25, 0.3) is 5.91 Å². The summed E-state index contributed by atoms with van der Waals surface area (Å²) in [6.07, 6.45) is 2.60. The Morgan fingerprint density at radius 3 is 2.86 bits per heavy atom. The molecule has 2 aromatic carbocycles. The van der Waals surface area contributed by atoms with E-state index in [2.05, 4.69) is 20.3 Å². The molecule has 1 aliphatic rings. The number of ether oxygens (including phenoxy) is 2. The zero-order chi connectivity index (χ0) is 20.6. The number of amides is 1. The van der Waals surface area contributed by atoms with Crippen LogP contribution in [0.1, 0.15) is 11.1 Å². The lowest BCUT2D eigenvalue weighted by atomic mass is 10.1. The molecule has 7 nitrogen and oxygen atoms in total. The van der Waals surface area contributed by atoms with Gasteiger partial charge >= 0.3 is 5.97 Å². The van der Waals surface area contributed by atoms with Crippen molar-refractivity contribution in [3.05, 3.63) is 76.5 Å². The minimum atomic E-state index is -0.623. The van der Waals surface area contributed by atoms with Crippen LogP contribution >= 0.6 is 11.8 Å². The first-order valence-electron chi connectivity index (χ1n) is 8.41. The Morgan fingerprint density at radius 1 is 1.24 bits per heavy atom. The summed E-state index contributed by atoms with van der Waals surface area (Å²) in [5.41, 5.74) is 1.58. The molecule has 1 fully saturated rings. The molecule has 0 radical (unpaired) electrons. The molecule has 1 saturated heterocycles. The van der Waals surface area contributed by atoms with E-state index in [1.54, 1.807) is 18.2 Å². The highest BCUT2D eigenvalue weighted by atomic mass is 32.2. The molecule has 0 spiro atoms. The maximum absolute atomic E-state index is 13.6. The van der Waals surface area contributed by atoms with Gasteiger partial charge in [-0.15, -0.1) is 5.10 Å². The van der Waals surface area contributed by atoms with Gasteiger partial charge in [0.05, 0.1) is 18.2 Å². The van der Waals surface area contributed by atoms with Gasteiger partial charge in [-0.1, -0.05) is 30.3 Å². The van der Waals surface area contributed by atoms with E-state index < -0.39 is 17.7 Å². The van der Waals surface area contributed by atoms with E-state index in [0.717, 1.165) is 29.0 Å². The molecule has 9 heteroatoms. The van der Waals surface area contributed by atoms with Crippen LogP contribution in [0.5, 0.6) is 5.75 Å². The van der Waals surface area contributed by atoms with E-state index in [1.165, 1.54) is 19.4 Å². The fourth-order valence-electron chi connectivity index (χ4n) is 2.28. The van der Waals surface area contributed by atoms with Gasteiger partial charge in [0.2, 0.25) is 0 Å². The van der Waals surface area contributed by atoms with Crippen LogP contribution in [0.3, 0.4) is 0 Å². The second-order valence-electron chi connectivity index (χ2n) is 5.70. The quantitative estimate of drug-likeness (QED) is 0.340. The Balaban J connectivity index is 1.61. The van der Waals surface area contributed by atoms with Crippen molar-refractivity contribution >= 4 is 35.0 Å². The summed E-state index contributed by atoms with van der Waals surface area (Å²) in [6.45, 7) is 0.199.